The fraction of sp³-hybridized carbons (Fsp3) is 0.615. The van der Waals surface area contributed by atoms with Crippen LogP contribution in [0.3, 0.4) is 0 Å². The van der Waals surface area contributed by atoms with Crippen molar-refractivity contribution in [3.05, 3.63) is 30.1 Å². The third-order valence-corrected chi connectivity index (χ3v) is 6.01. The minimum Gasteiger partial charge on any atom is -0.264 e. The zero-order chi connectivity index (χ0) is 14.6. The first-order valence-corrected chi connectivity index (χ1v) is 8.63. The second-order valence-electron chi connectivity index (χ2n) is 5.12. The number of nitrogens with zero attached hydrogens (tertiary/aromatic N) is 3. The van der Waals surface area contributed by atoms with Crippen LogP contribution in [0.2, 0.25) is 0 Å². The lowest BCUT2D eigenvalue weighted by molar-refractivity contribution is 0.271. The van der Waals surface area contributed by atoms with Crippen molar-refractivity contribution in [3.63, 3.8) is 0 Å². The molecule has 20 heavy (non-hydrogen) atoms. The average Bonchev–Trinajstić information content (AvgIpc) is 2.48. The van der Waals surface area contributed by atoms with E-state index >= 15 is 0 Å². The molecule has 7 heteroatoms. The van der Waals surface area contributed by atoms with Gasteiger partial charge < -0.3 is 0 Å². The van der Waals surface area contributed by atoms with E-state index < -0.39 is 10.2 Å². The average molecular weight is 318 g/mol. The molecule has 0 saturated carbocycles. The topological polar surface area (TPSA) is 53.5 Å². The van der Waals surface area contributed by atoms with E-state index in [1.807, 2.05) is 12.1 Å². The van der Waals surface area contributed by atoms with Crippen LogP contribution in [0.1, 0.15) is 18.4 Å². The molecule has 0 amide bonds. The Kier molecular flexibility index (Phi) is 5.37. The Morgan fingerprint density at radius 2 is 2.15 bits per heavy atom. The third kappa shape index (κ3) is 3.69. The summed E-state index contributed by atoms with van der Waals surface area (Å²) in [5.74, 6) is 1.05. The van der Waals surface area contributed by atoms with Crippen molar-refractivity contribution < 1.29 is 8.42 Å². The molecule has 0 unspecified atom stereocenters. The molecule has 0 N–H and O–H groups in total. The number of hydrogen-bond donors (Lipinski definition) is 0. The second-order valence-corrected chi connectivity index (χ2v) is 7.47. The number of alkyl halides is 1. The monoisotopic (exact) mass is 317 g/mol. The van der Waals surface area contributed by atoms with Crippen molar-refractivity contribution in [3.8, 4) is 0 Å². The van der Waals surface area contributed by atoms with E-state index in [4.69, 9.17) is 11.6 Å². The van der Waals surface area contributed by atoms with Gasteiger partial charge in [-0.05, 0) is 30.4 Å². The molecule has 0 spiro atoms. The Hall–Kier alpha value is -0.690. The summed E-state index contributed by atoms with van der Waals surface area (Å²) in [6.45, 7) is 1.44. The standard InChI is InChI=1S/C13H20ClN3O2S/c1-16(11-13-3-2-6-15-10-13)20(18,19)17-7-4-12(9-14)5-8-17/h2-3,6,10,12H,4-5,7-9,11H2,1H3. The summed E-state index contributed by atoms with van der Waals surface area (Å²) in [5, 5.41) is 0. The fourth-order valence-corrected chi connectivity index (χ4v) is 4.01. The second kappa shape index (κ2) is 6.85. The molecule has 1 aliphatic rings. The van der Waals surface area contributed by atoms with Crippen molar-refractivity contribution in [2.45, 2.75) is 19.4 Å². The molecule has 1 aliphatic heterocycles. The van der Waals surface area contributed by atoms with E-state index in [2.05, 4.69) is 4.98 Å². The molecule has 0 atom stereocenters. The Labute approximate surface area is 125 Å². The van der Waals surface area contributed by atoms with E-state index in [1.54, 1.807) is 23.7 Å². The Balaban J connectivity index is 1.99. The molecule has 0 aromatic carbocycles. The summed E-state index contributed by atoms with van der Waals surface area (Å²) in [4.78, 5) is 4.00. The van der Waals surface area contributed by atoms with Crippen LogP contribution >= 0.6 is 11.6 Å². The van der Waals surface area contributed by atoms with Crippen LogP contribution in [0.5, 0.6) is 0 Å². The molecule has 0 aliphatic carbocycles. The van der Waals surface area contributed by atoms with E-state index in [0.29, 0.717) is 31.4 Å². The normalized spacial score (nSPS) is 18.6. The van der Waals surface area contributed by atoms with Gasteiger partial charge >= 0.3 is 0 Å². The summed E-state index contributed by atoms with van der Waals surface area (Å²) in [5.41, 5.74) is 0.884. The van der Waals surface area contributed by atoms with Gasteiger partial charge in [0.2, 0.25) is 0 Å². The highest BCUT2D eigenvalue weighted by Crippen LogP contribution is 2.22. The fourth-order valence-electron chi connectivity index (χ4n) is 2.32. The highest BCUT2D eigenvalue weighted by Gasteiger charge is 2.30. The van der Waals surface area contributed by atoms with Crippen LogP contribution < -0.4 is 0 Å². The zero-order valence-corrected chi connectivity index (χ0v) is 13.1. The molecule has 1 saturated heterocycles. The molecule has 1 aromatic rings. The lowest BCUT2D eigenvalue weighted by Crippen LogP contribution is -2.45. The first-order chi connectivity index (χ1) is 9.54. The maximum absolute atomic E-state index is 12.5. The minimum atomic E-state index is -3.40. The number of hydrogen-bond acceptors (Lipinski definition) is 3. The van der Waals surface area contributed by atoms with Gasteiger partial charge in [-0.2, -0.15) is 17.0 Å². The Morgan fingerprint density at radius 1 is 1.45 bits per heavy atom. The molecular formula is C13H20ClN3O2S. The highest BCUT2D eigenvalue weighted by molar-refractivity contribution is 7.86. The van der Waals surface area contributed by atoms with Crippen LogP contribution in [-0.4, -0.2) is 48.0 Å². The number of piperidine rings is 1. The SMILES string of the molecule is CN(Cc1cccnc1)S(=O)(=O)N1CCC(CCl)CC1. The summed E-state index contributed by atoms with van der Waals surface area (Å²) in [7, 11) is -1.79. The van der Waals surface area contributed by atoms with Crippen LogP contribution in [0.25, 0.3) is 0 Å². The quantitative estimate of drug-likeness (QED) is 0.777. The highest BCUT2D eigenvalue weighted by atomic mass is 35.5. The molecule has 2 rings (SSSR count). The summed E-state index contributed by atoms with van der Waals surface area (Å²) in [6, 6.07) is 3.68. The van der Waals surface area contributed by atoms with Crippen LogP contribution in [0.15, 0.2) is 24.5 Å². The van der Waals surface area contributed by atoms with Crippen LogP contribution in [0, 0.1) is 5.92 Å². The van der Waals surface area contributed by atoms with E-state index in [-0.39, 0.29) is 0 Å². The van der Waals surface area contributed by atoms with Crippen molar-refractivity contribution in [1.82, 2.24) is 13.6 Å². The van der Waals surface area contributed by atoms with Crippen molar-refractivity contribution in [2.24, 2.45) is 5.92 Å². The summed E-state index contributed by atoms with van der Waals surface area (Å²) in [6.07, 6.45) is 5.04. The first-order valence-electron chi connectivity index (χ1n) is 6.70. The van der Waals surface area contributed by atoms with Gasteiger partial charge in [0.25, 0.3) is 10.2 Å². The molecule has 2 heterocycles. The molecule has 0 bridgehead atoms. The predicted molar refractivity (Wildman–Crippen MR) is 79.6 cm³/mol. The minimum absolute atomic E-state index is 0.339. The van der Waals surface area contributed by atoms with Gasteiger partial charge in [0, 0.05) is 45.0 Å². The van der Waals surface area contributed by atoms with E-state index in [0.717, 1.165) is 18.4 Å². The number of halogens is 1. The third-order valence-electron chi connectivity index (χ3n) is 3.64. The lowest BCUT2D eigenvalue weighted by atomic mass is 10.0. The molecule has 1 fully saturated rings. The number of pyridine rings is 1. The van der Waals surface area contributed by atoms with E-state index in [1.165, 1.54) is 4.31 Å². The smallest absolute Gasteiger partial charge is 0.264 e. The summed E-state index contributed by atoms with van der Waals surface area (Å²) < 4.78 is 27.9. The van der Waals surface area contributed by atoms with Gasteiger partial charge in [-0.25, -0.2) is 0 Å². The lowest BCUT2D eigenvalue weighted by Gasteiger charge is -2.33. The van der Waals surface area contributed by atoms with E-state index in [9.17, 15) is 8.42 Å². The van der Waals surface area contributed by atoms with Gasteiger partial charge in [0.15, 0.2) is 0 Å². The van der Waals surface area contributed by atoms with Gasteiger partial charge in [-0.1, -0.05) is 6.07 Å². The van der Waals surface area contributed by atoms with Crippen molar-refractivity contribution >= 4 is 21.8 Å². The molecule has 112 valence electrons. The molecule has 0 radical (unpaired) electrons. The van der Waals surface area contributed by atoms with Gasteiger partial charge in [0.1, 0.15) is 0 Å². The van der Waals surface area contributed by atoms with Gasteiger partial charge in [-0.15, -0.1) is 11.6 Å². The summed E-state index contributed by atoms with van der Waals surface area (Å²) >= 11 is 5.83. The van der Waals surface area contributed by atoms with Gasteiger partial charge in [-0.3, -0.25) is 4.98 Å². The largest absolute Gasteiger partial charge is 0.282 e. The van der Waals surface area contributed by atoms with Gasteiger partial charge in [0.05, 0.1) is 0 Å². The number of rotatable bonds is 5. The Morgan fingerprint density at radius 3 is 2.70 bits per heavy atom. The number of aromatic nitrogens is 1. The maximum atomic E-state index is 12.5. The first kappa shape index (κ1) is 15.7. The predicted octanol–water partition coefficient (Wildman–Crippen LogP) is 1.71. The van der Waals surface area contributed by atoms with Crippen molar-refractivity contribution in [1.29, 1.82) is 0 Å². The zero-order valence-electron chi connectivity index (χ0n) is 11.6. The van der Waals surface area contributed by atoms with Crippen molar-refractivity contribution in [2.75, 3.05) is 26.0 Å². The Bertz CT molecular complexity index is 516. The molecule has 5 nitrogen and oxygen atoms in total. The molecular weight excluding hydrogens is 298 g/mol. The maximum Gasteiger partial charge on any atom is 0.282 e. The van der Waals surface area contributed by atoms with Crippen LogP contribution in [0.4, 0.5) is 0 Å². The van der Waals surface area contributed by atoms with Crippen LogP contribution in [-0.2, 0) is 16.8 Å². The molecule has 1 aromatic heterocycles.